The number of nitrogens with one attached hydrogen (secondary N) is 1. The van der Waals surface area contributed by atoms with Gasteiger partial charge in [-0.15, -0.1) is 0 Å². The molecule has 0 fully saturated rings. The first-order valence-corrected chi connectivity index (χ1v) is 15.4. The Morgan fingerprint density at radius 2 is 1.65 bits per heavy atom. The van der Waals surface area contributed by atoms with Gasteiger partial charge in [0.2, 0.25) is 5.43 Å². The summed E-state index contributed by atoms with van der Waals surface area (Å²) in [5, 5.41) is 2.68. The third kappa shape index (κ3) is 7.93. The maximum atomic E-state index is 13.8. The van der Waals surface area contributed by atoms with E-state index in [1.54, 1.807) is 16.7 Å². The van der Waals surface area contributed by atoms with Crippen LogP contribution in [-0.4, -0.2) is 36.2 Å². The Balaban J connectivity index is 1.32. The van der Waals surface area contributed by atoms with Crippen molar-refractivity contribution >= 4 is 28.4 Å². The number of fused-ring (bicyclic) bond motifs is 1. The average molecular weight is 627 g/mol. The number of amides is 1. The third-order valence-electron chi connectivity index (χ3n) is 7.69. The van der Waals surface area contributed by atoms with Crippen LogP contribution in [0.1, 0.15) is 48.0 Å². The van der Waals surface area contributed by atoms with E-state index in [2.05, 4.69) is 22.3 Å². The van der Waals surface area contributed by atoms with Crippen molar-refractivity contribution in [2.45, 2.75) is 45.6 Å². The maximum Gasteiger partial charge on any atom is 0.261 e. The molecule has 0 saturated carbocycles. The van der Waals surface area contributed by atoms with E-state index < -0.39 is 23.0 Å². The Labute approximate surface area is 266 Å². The van der Waals surface area contributed by atoms with Crippen LogP contribution in [0.5, 0.6) is 5.75 Å². The number of nitrogens with zero attached hydrogens (tertiary/aromatic N) is 4. The predicted molar refractivity (Wildman–Crippen MR) is 176 cm³/mol. The molecule has 2 aromatic carbocycles. The first kappa shape index (κ1) is 32.3. The minimum atomic E-state index is -0.845. The summed E-state index contributed by atoms with van der Waals surface area (Å²) in [4.78, 5) is 33.3. The molecule has 0 aliphatic rings. The fourth-order valence-electron chi connectivity index (χ4n) is 5.30. The number of aromatic nitrogens is 3. The van der Waals surface area contributed by atoms with E-state index in [0.29, 0.717) is 29.8 Å². The molecule has 0 aliphatic heterocycles. The molecule has 238 valence electrons. The van der Waals surface area contributed by atoms with Crippen LogP contribution in [0.4, 0.5) is 20.3 Å². The smallest absolute Gasteiger partial charge is 0.261 e. The number of ether oxygens (including phenoxy) is 1. The van der Waals surface area contributed by atoms with Crippen molar-refractivity contribution < 1.29 is 22.9 Å². The summed E-state index contributed by atoms with van der Waals surface area (Å²) in [6.07, 6.45) is 11.1. The first-order valence-electron chi connectivity index (χ1n) is 15.4. The molecule has 46 heavy (non-hydrogen) atoms. The monoisotopic (exact) mass is 626 g/mol. The van der Waals surface area contributed by atoms with E-state index in [0.717, 1.165) is 55.7 Å². The zero-order valence-corrected chi connectivity index (χ0v) is 26.3. The topological polar surface area (TPSA) is 80.3 Å². The lowest BCUT2D eigenvalue weighted by atomic mass is 10.1. The molecular weight excluding hydrogens is 588 g/mol. The van der Waals surface area contributed by atoms with Gasteiger partial charge in [-0.3, -0.25) is 14.2 Å². The number of anilines is 2. The fourth-order valence-corrected chi connectivity index (χ4v) is 5.30. The number of hydrogen-bond acceptors (Lipinski definition) is 5. The van der Waals surface area contributed by atoms with Gasteiger partial charge < -0.3 is 15.0 Å². The molecule has 5 aromatic rings. The van der Waals surface area contributed by atoms with Gasteiger partial charge >= 0.3 is 0 Å². The molecule has 3 aromatic heterocycles. The zero-order valence-electron chi connectivity index (χ0n) is 26.3. The molecular formula is C36H38F2N5O3+. The number of hydrogen-bond donors (Lipinski definition) is 1. The van der Waals surface area contributed by atoms with Crippen molar-refractivity contribution in [1.82, 2.24) is 9.55 Å². The number of carbonyl (C=O) groups is 1. The second-order valence-corrected chi connectivity index (χ2v) is 11.5. The molecule has 0 atom stereocenters. The van der Waals surface area contributed by atoms with E-state index >= 15 is 0 Å². The molecule has 10 heteroatoms. The van der Waals surface area contributed by atoms with E-state index in [9.17, 15) is 18.4 Å². The summed E-state index contributed by atoms with van der Waals surface area (Å²) in [6.45, 7) is 3.55. The second kappa shape index (κ2) is 14.8. The number of unbranched alkanes of at least 4 members (excludes halogenated alkanes) is 4. The number of benzene rings is 2. The standard InChI is InChI=1S/C36H37F2N5O3/c1-25-20-29(46-19-11-6-4-5-8-16-42-17-9-7-10-18-42)12-14-32(25)43-24-31(36(45)39-28-22-26(37)21-27(38)23-28)34(44)30-13-15-33(41(2)3)40-35(30)43/h7,9-10,12-15,17-18,20-24H,4-6,8,11,16,19H2,1-3H3/p+1. The average Bonchev–Trinajstić information content (AvgIpc) is 3.02. The molecule has 1 N–H and O–H groups in total. The van der Waals surface area contributed by atoms with Gasteiger partial charge in [0.05, 0.1) is 17.7 Å². The van der Waals surface area contributed by atoms with Crippen LogP contribution < -0.4 is 24.9 Å². The molecule has 0 radical (unpaired) electrons. The Hall–Kier alpha value is -5.12. The molecule has 0 aliphatic carbocycles. The number of halogens is 2. The summed E-state index contributed by atoms with van der Waals surface area (Å²) in [5.74, 6) is -1.13. The van der Waals surface area contributed by atoms with Gasteiger partial charge in [0, 0.05) is 50.6 Å². The number of rotatable bonds is 13. The lowest BCUT2D eigenvalue weighted by molar-refractivity contribution is -0.697. The van der Waals surface area contributed by atoms with Crippen LogP contribution in [0, 0.1) is 18.6 Å². The summed E-state index contributed by atoms with van der Waals surface area (Å²) in [6, 6.07) is 17.8. The maximum absolute atomic E-state index is 13.8. The summed E-state index contributed by atoms with van der Waals surface area (Å²) in [7, 11) is 3.69. The minimum Gasteiger partial charge on any atom is -0.494 e. The fraction of sp³-hybridized carbons (Fsp3) is 0.278. The number of carbonyl (C=O) groups excluding carboxylic acids is 1. The Bertz CT molecular complexity index is 1870. The van der Waals surface area contributed by atoms with Crippen LogP contribution in [0.15, 0.2) is 90.1 Å². The van der Waals surface area contributed by atoms with Crippen molar-refractivity contribution in [3.05, 3.63) is 118 Å². The molecule has 1 amide bonds. The van der Waals surface area contributed by atoms with Gasteiger partial charge in [-0.25, -0.2) is 18.3 Å². The van der Waals surface area contributed by atoms with Gasteiger partial charge in [-0.2, -0.15) is 0 Å². The number of aryl methyl sites for hydroxylation is 2. The summed E-state index contributed by atoms with van der Waals surface area (Å²) in [5.41, 5.74) is 1.07. The second-order valence-electron chi connectivity index (χ2n) is 11.5. The van der Waals surface area contributed by atoms with E-state index in [-0.39, 0.29) is 16.6 Å². The highest BCUT2D eigenvalue weighted by atomic mass is 19.1. The third-order valence-corrected chi connectivity index (χ3v) is 7.69. The normalized spacial score (nSPS) is 11.1. The van der Waals surface area contributed by atoms with Gasteiger partial charge in [0.25, 0.3) is 5.91 Å². The van der Waals surface area contributed by atoms with Gasteiger partial charge in [0.15, 0.2) is 18.0 Å². The quantitative estimate of drug-likeness (QED) is 0.118. The molecule has 0 unspecified atom stereocenters. The minimum absolute atomic E-state index is 0.0986. The van der Waals surface area contributed by atoms with Crippen LogP contribution >= 0.6 is 0 Å². The Morgan fingerprint density at radius 1 is 0.935 bits per heavy atom. The first-order chi connectivity index (χ1) is 22.2. The van der Waals surface area contributed by atoms with Gasteiger partial charge in [-0.1, -0.05) is 18.9 Å². The van der Waals surface area contributed by atoms with Crippen molar-refractivity contribution in [3.8, 4) is 11.4 Å². The van der Waals surface area contributed by atoms with E-state index in [1.807, 2.05) is 62.3 Å². The van der Waals surface area contributed by atoms with Crippen molar-refractivity contribution in [2.24, 2.45) is 0 Å². The summed E-state index contributed by atoms with van der Waals surface area (Å²) >= 11 is 0. The van der Waals surface area contributed by atoms with E-state index in [1.165, 1.54) is 12.6 Å². The molecule has 0 saturated heterocycles. The molecule has 3 heterocycles. The van der Waals surface area contributed by atoms with Gasteiger partial charge in [0.1, 0.15) is 35.3 Å². The van der Waals surface area contributed by atoms with Crippen LogP contribution in [-0.2, 0) is 6.54 Å². The molecule has 5 rings (SSSR count). The van der Waals surface area contributed by atoms with E-state index in [4.69, 9.17) is 9.72 Å². The van der Waals surface area contributed by atoms with Crippen molar-refractivity contribution in [3.63, 3.8) is 0 Å². The largest absolute Gasteiger partial charge is 0.494 e. The lowest BCUT2D eigenvalue weighted by Crippen LogP contribution is -2.32. The van der Waals surface area contributed by atoms with Crippen LogP contribution in [0.2, 0.25) is 0 Å². The highest BCUT2D eigenvalue weighted by Gasteiger charge is 2.20. The Morgan fingerprint density at radius 3 is 2.37 bits per heavy atom. The highest BCUT2D eigenvalue weighted by Crippen LogP contribution is 2.25. The van der Waals surface area contributed by atoms with Crippen LogP contribution in [0.3, 0.4) is 0 Å². The molecule has 0 spiro atoms. The molecule has 0 bridgehead atoms. The lowest BCUT2D eigenvalue weighted by Gasteiger charge is -2.18. The molecule has 8 nitrogen and oxygen atoms in total. The zero-order chi connectivity index (χ0) is 32.6. The summed E-state index contributed by atoms with van der Waals surface area (Å²) < 4.78 is 37.5. The Kier molecular flexibility index (Phi) is 10.4. The SMILES string of the molecule is Cc1cc(OCCCCCCC[n+]2ccccc2)ccc1-n1cc(C(=O)Nc2cc(F)cc(F)c2)c(=O)c2ccc(N(C)C)nc21. The van der Waals surface area contributed by atoms with Gasteiger partial charge in [-0.05, 0) is 67.8 Å². The van der Waals surface area contributed by atoms with Crippen molar-refractivity contribution in [2.75, 3.05) is 30.9 Å². The van der Waals surface area contributed by atoms with Crippen molar-refractivity contribution in [1.29, 1.82) is 0 Å². The number of pyridine rings is 3. The highest BCUT2D eigenvalue weighted by molar-refractivity contribution is 6.05. The van der Waals surface area contributed by atoms with Crippen LogP contribution in [0.25, 0.3) is 16.7 Å². The predicted octanol–water partition coefficient (Wildman–Crippen LogP) is 6.61.